The van der Waals surface area contributed by atoms with E-state index in [0.29, 0.717) is 25.9 Å². The second-order valence-electron chi connectivity index (χ2n) is 4.62. The molecule has 4 N–H and O–H groups in total. The van der Waals surface area contributed by atoms with Crippen LogP contribution in [0.2, 0.25) is 0 Å². The van der Waals surface area contributed by atoms with Crippen LogP contribution in [0.1, 0.15) is 23.3 Å². The summed E-state index contributed by atoms with van der Waals surface area (Å²) in [6.45, 7) is 0.742. The van der Waals surface area contributed by atoms with Crippen molar-refractivity contribution >= 4 is 17.4 Å². The minimum atomic E-state index is -3.40. The predicted octanol–water partition coefficient (Wildman–Crippen LogP) is -1.29. The summed E-state index contributed by atoms with van der Waals surface area (Å²) in [5.41, 5.74) is -0.270. The van der Waals surface area contributed by atoms with Crippen molar-refractivity contribution < 1.29 is 29.3 Å². The van der Waals surface area contributed by atoms with Gasteiger partial charge in [-0.25, -0.2) is 4.98 Å². The van der Waals surface area contributed by atoms with Crippen LogP contribution in [-0.4, -0.2) is 51.2 Å². The van der Waals surface area contributed by atoms with Gasteiger partial charge in [0.1, 0.15) is 11.5 Å². The number of carbonyl (C=O) groups excluding carboxylic acids is 2. The van der Waals surface area contributed by atoms with E-state index in [9.17, 15) is 14.0 Å². The maximum atomic E-state index is 13.9. The molecule has 0 bridgehead atoms. The topological polar surface area (TPSA) is 123 Å². The van der Waals surface area contributed by atoms with Gasteiger partial charge in [-0.15, -0.1) is 0 Å². The fourth-order valence-electron chi connectivity index (χ4n) is 2.00. The molecule has 0 saturated carbocycles. The average molecular weight is 299 g/mol. The molecule has 1 saturated heterocycles. The lowest BCUT2D eigenvalue weighted by Crippen LogP contribution is -2.48. The van der Waals surface area contributed by atoms with Crippen LogP contribution in [0, 0.1) is 5.95 Å². The minimum absolute atomic E-state index is 0.112. The van der Waals surface area contributed by atoms with E-state index in [1.807, 2.05) is 0 Å². The highest BCUT2D eigenvalue weighted by molar-refractivity contribution is 5.92. The van der Waals surface area contributed by atoms with Crippen molar-refractivity contribution in [1.82, 2.24) is 10.3 Å². The molecule has 1 aromatic heterocycles. The molecule has 1 fully saturated rings. The van der Waals surface area contributed by atoms with Crippen LogP contribution in [0.4, 0.5) is 10.1 Å². The van der Waals surface area contributed by atoms with Crippen molar-refractivity contribution in [2.45, 2.75) is 18.9 Å². The van der Waals surface area contributed by atoms with Crippen LogP contribution in [-0.2, 0) is 4.79 Å². The van der Waals surface area contributed by atoms with E-state index in [2.05, 4.69) is 4.98 Å². The fourth-order valence-corrected chi connectivity index (χ4v) is 2.00. The molecule has 1 aromatic rings. The number of ketones is 1. The Morgan fingerprint density at radius 3 is 2.43 bits per heavy atom. The van der Waals surface area contributed by atoms with Crippen LogP contribution in [0.3, 0.4) is 0 Å². The lowest BCUT2D eigenvalue weighted by molar-refractivity contribution is -0.323. The summed E-state index contributed by atoms with van der Waals surface area (Å²) in [6, 6.07) is 2.48. The lowest BCUT2D eigenvalue weighted by Gasteiger charge is -2.28. The van der Waals surface area contributed by atoms with Gasteiger partial charge >= 0.3 is 6.10 Å². The van der Waals surface area contributed by atoms with Gasteiger partial charge in [-0.2, -0.15) is 4.39 Å². The fraction of sp³-hybridized carbons (Fsp3) is 0.417. The van der Waals surface area contributed by atoms with E-state index in [1.54, 1.807) is 4.90 Å². The van der Waals surface area contributed by atoms with Gasteiger partial charge in [0.05, 0.1) is 5.69 Å². The van der Waals surface area contributed by atoms with Gasteiger partial charge in [0.15, 0.2) is 0 Å². The largest absolute Gasteiger partial charge is 0.369 e. The second-order valence-corrected chi connectivity index (χ2v) is 4.62. The Morgan fingerprint density at radius 2 is 1.90 bits per heavy atom. The van der Waals surface area contributed by atoms with Gasteiger partial charge in [-0.3, -0.25) is 14.9 Å². The monoisotopic (exact) mass is 299 g/mol. The zero-order chi connectivity index (χ0) is 15.6. The molecule has 21 heavy (non-hydrogen) atoms. The number of anilines is 1. The second kappa shape index (κ2) is 5.72. The number of hydrogen-bond donors (Lipinski definition) is 4. The quantitative estimate of drug-likeness (QED) is 0.404. The Labute approximate surface area is 118 Å². The van der Waals surface area contributed by atoms with E-state index >= 15 is 0 Å². The Balaban J connectivity index is 2.14. The number of pyridine rings is 1. The van der Waals surface area contributed by atoms with Gasteiger partial charge in [-0.1, -0.05) is 0 Å². The molecule has 2 rings (SSSR count). The smallest absolute Gasteiger partial charge is 0.367 e. The summed E-state index contributed by atoms with van der Waals surface area (Å²) in [6.07, 6.45) is -2.76. The first-order chi connectivity index (χ1) is 9.76. The summed E-state index contributed by atoms with van der Waals surface area (Å²) in [5.74, 6) is -1.96. The van der Waals surface area contributed by atoms with E-state index in [4.69, 9.17) is 15.3 Å². The molecule has 2 heterocycles. The standard InChI is InChI=1S/C12H14FN3O5/c13-10-9(16-5-3-7(17)4-6-16)2-1-8(14-10)11(18)15-12(19,20)21/h1-2,19-21H,3-6H2,(H,15,18). The van der Waals surface area contributed by atoms with Gasteiger partial charge in [0, 0.05) is 25.9 Å². The molecule has 8 nitrogen and oxygen atoms in total. The van der Waals surface area contributed by atoms with E-state index in [1.165, 1.54) is 17.4 Å². The van der Waals surface area contributed by atoms with E-state index in [-0.39, 0.29) is 11.5 Å². The van der Waals surface area contributed by atoms with Gasteiger partial charge in [0.25, 0.3) is 5.91 Å². The van der Waals surface area contributed by atoms with E-state index in [0.717, 1.165) is 0 Å². The molecule has 0 spiro atoms. The number of aliphatic hydroxyl groups is 3. The summed E-state index contributed by atoms with van der Waals surface area (Å²) >= 11 is 0. The van der Waals surface area contributed by atoms with Crippen molar-refractivity contribution in [3.8, 4) is 0 Å². The maximum Gasteiger partial charge on any atom is 0.369 e. The summed E-state index contributed by atoms with van der Waals surface area (Å²) in [4.78, 5) is 27.7. The number of amides is 1. The van der Waals surface area contributed by atoms with Crippen molar-refractivity contribution in [3.63, 3.8) is 0 Å². The number of halogens is 1. The molecular weight excluding hydrogens is 285 g/mol. The molecule has 1 aliphatic heterocycles. The predicted molar refractivity (Wildman–Crippen MR) is 67.5 cm³/mol. The molecule has 0 aromatic carbocycles. The van der Waals surface area contributed by atoms with Crippen LogP contribution < -0.4 is 10.2 Å². The molecule has 0 atom stereocenters. The Morgan fingerprint density at radius 1 is 1.29 bits per heavy atom. The van der Waals surface area contributed by atoms with Gasteiger partial charge in [0.2, 0.25) is 5.95 Å². The number of piperidine rings is 1. The number of carbonyl (C=O) groups is 2. The van der Waals surface area contributed by atoms with Gasteiger partial charge < -0.3 is 20.2 Å². The highest BCUT2D eigenvalue weighted by Crippen LogP contribution is 2.21. The SMILES string of the molecule is O=C1CCN(c2ccc(C(=O)NC(O)(O)O)nc2F)CC1. The normalized spacial score (nSPS) is 16.0. The van der Waals surface area contributed by atoms with Crippen LogP contribution in [0.25, 0.3) is 0 Å². The van der Waals surface area contributed by atoms with Crippen molar-refractivity contribution in [3.05, 3.63) is 23.8 Å². The number of rotatable bonds is 3. The molecular formula is C12H14FN3O5. The van der Waals surface area contributed by atoms with Gasteiger partial charge in [-0.05, 0) is 12.1 Å². The van der Waals surface area contributed by atoms with Crippen molar-refractivity contribution in [1.29, 1.82) is 0 Å². The highest BCUT2D eigenvalue weighted by Gasteiger charge is 2.25. The first kappa shape index (κ1) is 15.3. The third-order valence-corrected chi connectivity index (χ3v) is 3.00. The number of aromatic nitrogens is 1. The zero-order valence-electron chi connectivity index (χ0n) is 10.9. The first-order valence-corrected chi connectivity index (χ1v) is 6.19. The molecule has 9 heteroatoms. The third kappa shape index (κ3) is 3.94. The molecule has 0 aliphatic carbocycles. The molecule has 1 amide bonds. The number of hydrogen-bond acceptors (Lipinski definition) is 7. The maximum absolute atomic E-state index is 13.9. The molecule has 114 valence electrons. The molecule has 0 unspecified atom stereocenters. The molecule has 0 radical (unpaired) electrons. The first-order valence-electron chi connectivity index (χ1n) is 6.19. The Kier molecular flexibility index (Phi) is 4.16. The molecule has 1 aliphatic rings. The summed E-state index contributed by atoms with van der Waals surface area (Å²) < 4.78 is 13.9. The van der Waals surface area contributed by atoms with Crippen LogP contribution >= 0.6 is 0 Å². The summed E-state index contributed by atoms with van der Waals surface area (Å²) in [7, 11) is 0. The number of nitrogens with one attached hydrogen (secondary N) is 1. The highest BCUT2D eigenvalue weighted by atomic mass is 19.1. The lowest BCUT2D eigenvalue weighted by atomic mass is 10.1. The minimum Gasteiger partial charge on any atom is -0.367 e. The average Bonchev–Trinajstić information content (AvgIpc) is 2.38. The van der Waals surface area contributed by atoms with E-state index < -0.39 is 23.6 Å². The third-order valence-electron chi connectivity index (χ3n) is 3.00. The van der Waals surface area contributed by atoms with Crippen molar-refractivity contribution in [2.24, 2.45) is 0 Å². The van der Waals surface area contributed by atoms with Crippen molar-refractivity contribution in [2.75, 3.05) is 18.0 Å². The van der Waals surface area contributed by atoms with Crippen LogP contribution in [0.5, 0.6) is 0 Å². The zero-order valence-corrected chi connectivity index (χ0v) is 10.9. The Hall–Kier alpha value is -2.10. The number of Topliss-reactive ketones (excluding diaryl/α,β-unsaturated/α-hetero) is 1. The Bertz CT molecular complexity index is 563. The van der Waals surface area contributed by atoms with Crippen LogP contribution in [0.15, 0.2) is 12.1 Å². The summed E-state index contributed by atoms with van der Waals surface area (Å²) in [5, 5.41) is 27.3. The number of nitrogens with zero attached hydrogens (tertiary/aromatic N) is 2.